The van der Waals surface area contributed by atoms with Gasteiger partial charge in [0.15, 0.2) is 0 Å². The van der Waals surface area contributed by atoms with E-state index in [4.69, 9.17) is 4.74 Å². The molecule has 2 aliphatic rings. The fourth-order valence-corrected chi connectivity index (χ4v) is 2.99. The molecule has 4 nitrogen and oxygen atoms in total. The lowest BCUT2D eigenvalue weighted by molar-refractivity contribution is 0.0523. The molecule has 1 aliphatic carbocycles. The van der Waals surface area contributed by atoms with Crippen LogP contribution in [0.4, 0.5) is 4.79 Å². The predicted molar refractivity (Wildman–Crippen MR) is 66.0 cm³/mol. The van der Waals surface area contributed by atoms with Crippen molar-refractivity contribution < 1.29 is 9.53 Å². The average molecular weight is 244 g/mol. The smallest absolute Gasteiger partial charge is 0.407 e. The van der Waals surface area contributed by atoms with Crippen molar-refractivity contribution in [2.24, 2.45) is 17.8 Å². The van der Waals surface area contributed by atoms with Crippen LogP contribution in [0.1, 0.15) is 20.8 Å². The van der Waals surface area contributed by atoms with E-state index in [2.05, 4.69) is 19.4 Å². The second-order valence-corrected chi connectivity index (χ2v) is 6.56. The van der Waals surface area contributed by atoms with Crippen molar-refractivity contribution in [2.45, 2.75) is 26.4 Å². The van der Waals surface area contributed by atoms with Gasteiger partial charge in [-0.3, -0.25) is 4.67 Å². The zero-order valence-electron chi connectivity index (χ0n) is 10.2. The number of fused-ring (bicyclic) bond motifs is 1. The summed E-state index contributed by atoms with van der Waals surface area (Å²) in [6.45, 7) is 8.70. The van der Waals surface area contributed by atoms with E-state index in [9.17, 15) is 4.79 Å². The Bertz CT molecular complexity index is 278. The molecule has 0 aromatic carbocycles. The molecule has 2 rings (SSSR count). The van der Waals surface area contributed by atoms with E-state index >= 15 is 0 Å². The Hall–Kier alpha value is -0.340. The third-order valence-corrected chi connectivity index (χ3v) is 3.70. The molecule has 0 bridgehead atoms. The van der Waals surface area contributed by atoms with Crippen LogP contribution in [-0.4, -0.2) is 36.0 Å². The minimum absolute atomic E-state index is 0.291. The number of nitrogens with zero attached hydrogens (tertiary/aromatic N) is 1. The summed E-state index contributed by atoms with van der Waals surface area (Å²) in [6, 6.07) is 0. The molecule has 5 heteroatoms. The number of carbonyl (C=O) groups excluding carboxylic acids is 1. The van der Waals surface area contributed by atoms with E-state index in [0.29, 0.717) is 5.92 Å². The molecule has 4 atom stereocenters. The minimum atomic E-state index is -0.402. The number of carbonyl (C=O) groups is 1. The standard InChI is InChI=1S/C11H21N2O2P/c1-11(2,3)15-10(14)12-4-7-8-5-13(16)6-9(7)8/h7-9H,4-6,16H2,1-3H3,(H,12,14)/t7-,8-,9+. The topological polar surface area (TPSA) is 41.6 Å². The summed E-state index contributed by atoms with van der Waals surface area (Å²) in [5.41, 5.74) is -0.402. The summed E-state index contributed by atoms with van der Waals surface area (Å²) in [6.07, 6.45) is -0.291. The first-order valence-corrected chi connectivity index (χ1v) is 6.35. The van der Waals surface area contributed by atoms with Gasteiger partial charge in [0.2, 0.25) is 0 Å². The third kappa shape index (κ3) is 2.86. The van der Waals surface area contributed by atoms with Gasteiger partial charge in [0.1, 0.15) is 5.60 Å². The average Bonchev–Trinajstić information content (AvgIpc) is 2.54. The van der Waals surface area contributed by atoms with Gasteiger partial charge in [-0.25, -0.2) is 4.79 Å². The van der Waals surface area contributed by atoms with E-state index in [1.54, 1.807) is 0 Å². The highest BCUT2D eigenvalue weighted by Gasteiger charge is 2.54. The molecule has 1 amide bonds. The summed E-state index contributed by atoms with van der Waals surface area (Å²) < 4.78 is 7.47. The summed E-state index contributed by atoms with van der Waals surface area (Å²) in [7, 11) is 2.74. The number of hydrogen-bond donors (Lipinski definition) is 1. The molecular formula is C11H21N2O2P. The quantitative estimate of drug-likeness (QED) is 0.748. The number of rotatable bonds is 2. The second kappa shape index (κ2) is 4.15. The number of alkyl carbamates (subject to hydrolysis) is 1. The first-order chi connectivity index (χ1) is 7.37. The zero-order chi connectivity index (χ0) is 11.9. The van der Waals surface area contributed by atoms with Gasteiger partial charge < -0.3 is 10.1 Å². The summed E-state index contributed by atoms with van der Waals surface area (Å²) in [5.74, 6) is 2.24. The Morgan fingerprint density at radius 1 is 1.44 bits per heavy atom. The van der Waals surface area contributed by atoms with Crippen molar-refractivity contribution in [3.63, 3.8) is 0 Å². The molecule has 1 heterocycles. The molecule has 1 saturated heterocycles. The first kappa shape index (κ1) is 12.1. The van der Waals surface area contributed by atoms with Crippen LogP contribution in [0.3, 0.4) is 0 Å². The Labute approximate surface area is 99.3 Å². The van der Waals surface area contributed by atoms with E-state index in [1.165, 1.54) is 0 Å². The third-order valence-electron chi connectivity index (χ3n) is 3.28. The maximum Gasteiger partial charge on any atom is 0.407 e. The number of hydrogen-bond acceptors (Lipinski definition) is 3. The van der Waals surface area contributed by atoms with Crippen LogP contribution in [0.2, 0.25) is 0 Å². The molecule has 0 radical (unpaired) electrons. The normalized spacial score (nSPS) is 33.4. The number of nitrogens with one attached hydrogen (secondary N) is 1. The van der Waals surface area contributed by atoms with Gasteiger partial charge in [0.05, 0.1) is 0 Å². The number of piperidine rings is 1. The monoisotopic (exact) mass is 244 g/mol. The maximum absolute atomic E-state index is 11.4. The van der Waals surface area contributed by atoms with E-state index < -0.39 is 5.60 Å². The molecule has 0 aromatic rings. The van der Waals surface area contributed by atoms with Crippen molar-refractivity contribution in [1.29, 1.82) is 0 Å². The SMILES string of the molecule is CC(C)(C)OC(=O)NC[C@@H]1[C@H]2CN(P)C[C@@H]12. The fourth-order valence-electron chi connectivity index (χ4n) is 2.50. The van der Waals surface area contributed by atoms with E-state index in [0.717, 1.165) is 31.5 Å². The van der Waals surface area contributed by atoms with Gasteiger partial charge in [0, 0.05) is 19.6 Å². The van der Waals surface area contributed by atoms with Crippen LogP contribution in [0.5, 0.6) is 0 Å². The van der Waals surface area contributed by atoms with E-state index in [1.807, 2.05) is 20.8 Å². The van der Waals surface area contributed by atoms with Crippen LogP contribution >= 0.6 is 9.39 Å². The van der Waals surface area contributed by atoms with Crippen molar-refractivity contribution >= 4 is 15.5 Å². The Morgan fingerprint density at radius 3 is 2.50 bits per heavy atom. The highest BCUT2D eigenvalue weighted by Crippen LogP contribution is 2.51. The van der Waals surface area contributed by atoms with Crippen LogP contribution in [0.25, 0.3) is 0 Å². The van der Waals surface area contributed by atoms with Crippen LogP contribution < -0.4 is 5.32 Å². The van der Waals surface area contributed by atoms with Gasteiger partial charge in [-0.2, -0.15) is 0 Å². The molecule has 0 spiro atoms. The molecule has 2 fully saturated rings. The minimum Gasteiger partial charge on any atom is -0.444 e. The summed E-state index contributed by atoms with van der Waals surface area (Å²) in [5, 5.41) is 2.86. The number of amides is 1. The lowest BCUT2D eigenvalue weighted by atomic mass is 10.2. The molecule has 16 heavy (non-hydrogen) atoms. The second-order valence-electron chi connectivity index (χ2n) is 5.83. The van der Waals surface area contributed by atoms with Crippen molar-refractivity contribution in [3.05, 3.63) is 0 Å². The Balaban J connectivity index is 1.65. The lowest BCUT2D eigenvalue weighted by Gasteiger charge is -2.20. The van der Waals surface area contributed by atoms with Gasteiger partial charge >= 0.3 is 6.09 Å². The van der Waals surface area contributed by atoms with Gasteiger partial charge in [-0.1, -0.05) is 9.39 Å². The summed E-state index contributed by atoms with van der Waals surface area (Å²) in [4.78, 5) is 11.4. The highest BCUT2D eigenvalue weighted by molar-refractivity contribution is 7.13. The van der Waals surface area contributed by atoms with Crippen LogP contribution in [0, 0.1) is 17.8 Å². The van der Waals surface area contributed by atoms with Crippen molar-refractivity contribution in [2.75, 3.05) is 19.6 Å². The molecule has 1 unspecified atom stereocenters. The van der Waals surface area contributed by atoms with Gasteiger partial charge in [0.25, 0.3) is 0 Å². The van der Waals surface area contributed by atoms with Crippen molar-refractivity contribution in [1.82, 2.24) is 9.99 Å². The predicted octanol–water partition coefficient (Wildman–Crippen LogP) is 1.48. The molecule has 1 N–H and O–H groups in total. The van der Waals surface area contributed by atoms with Crippen LogP contribution in [0.15, 0.2) is 0 Å². The highest BCUT2D eigenvalue weighted by atomic mass is 31.0. The van der Waals surface area contributed by atoms with Gasteiger partial charge in [-0.05, 0) is 38.5 Å². The molecular weight excluding hydrogens is 223 g/mol. The Kier molecular flexibility index (Phi) is 3.15. The maximum atomic E-state index is 11.4. The fraction of sp³-hybridized carbons (Fsp3) is 0.909. The van der Waals surface area contributed by atoms with Crippen LogP contribution in [-0.2, 0) is 4.74 Å². The van der Waals surface area contributed by atoms with E-state index in [-0.39, 0.29) is 6.09 Å². The molecule has 92 valence electrons. The molecule has 0 aromatic heterocycles. The summed E-state index contributed by atoms with van der Waals surface area (Å²) >= 11 is 0. The Morgan fingerprint density at radius 2 is 2.00 bits per heavy atom. The lowest BCUT2D eigenvalue weighted by Crippen LogP contribution is -2.34. The number of ether oxygens (including phenoxy) is 1. The van der Waals surface area contributed by atoms with Crippen molar-refractivity contribution in [3.8, 4) is 0 Å². The molecule has 1 aliphatic heterocycles. The first-order valence-electron chi connectivity index (χ1n) is 5.83. The largest absolute Gasteiger partial charge is 0.444 e. The molecule has 1 saturated carbocycles. The van der Waals surface area contributed by atoms with Gasteiger partial charge in [-0.15, -0.1) is 0 Å². The zero-order valence-corrected chi connectivity index (χ0v) is 11.3.